The van der Waals surface area contributed by atoms with E-state index in [1.54, 1.807) is 0 Å². The summed E-state index contributed by atoms with van der Waals surface area (Å²) in [6, 6.07) is 1.98. The van der Waals surface area contributed by atoms with Gasteiger partial charge in [-0.3, -0.25) is 0 Å². The summed E-state index contributed by atoms with van der Waals surface area (Å²) in [4.78, 5) is 2.50. The summed E-state index contributed by atoms with van der Waals surface area (Å²) in [6.45, 7) is 9.46. The van der Waals surface area contributed by atoms with Crippen molar-refractivity contribution in [3.63, 3.8) is 0 Å². The predicted octanol–water partition coefficient (Wildman–Crippen LogP) is 0.368. The van der Waals surface area contributed by atoms with Crippen LogP contribution in [0.3, 0.4) is 0 Å². The van der Waals surface area contributed by atoms with Crippen LogP contribution >= 0.6 is 0 Å². The van der Waals surface area contributed by atoms with Crippen LogP contribution in [-0.2, 0) is 6.54 Å². The molecule has 0 radical (unpaired) electrons. The van der Waals surface area contributed by atoms with Crippen molar-refractivity contribution in [1.29, 1.82) is 0 Å². The highest BCUT2D eigenvalue weighted by Gasteiger charge is 2.07. The molecule has 0 amide bonds. The summed E-state index contributed by atoms with van der Waals surface area (Å²) < 4.78 is 5.02. The number of hydrogen-bond acceptors (Lipinski definition) is 5. The Morgan fingerprint density at radius 2 is 2.41 bits per heavy atom. The molecular formula is C12H22N4O. The molecule has 0 bridgehead atoms. The zero-order chi connectivity index (χ0) is 11.9. The molecule has 5 nitrogen and oxygen atoms in total. The largest absolute Gasteiger partial charge is 0.361 e. The van der Waals surface area contributed by atoms with E-state index in [2.05, 4.69) is 20.7 Å². The average molecular weight is 238 g/mol. The lowest BCUT2D eigenvalue weighted by atomic mass is 10.3. The normalized spacial score (nSPS) is 18.2. The minimum Gasteiger partial charge on any atom is -0.361 e. The van der Waals surface area contributed by atoms with Crippen molar-refractivity contribution >= 4 is 0 Å². The molecule has 2 heterocycles. The second-order valence-corrected chi connectivity index (χ2v) is 4.55. The van der Waals surface area contributed by atoms with Crippen LogP contribution in [0.5, 0.6) is 0 Å². The third-order valence-electron chi connectivity index (χ3n) is 3.02. The molecule has 96 valence electrons. The molecule has 2 N–H and O–H groups in total. The van der Waals surface area contributed by atoms with Gasteiger partial charge in [0.25, 0.3) is 0 Å². The first-order chi connectivity index (χ1) is 8.34. The SMILES string of the molecule is Cc1cc(CNCCN2CCCNCC2)no1. The molecule has 5 heteroatoms. The Morgan fingerprint density at radius 1 is 1.47 bits per heavy atom. The number of nitrogens with zero attached hydrogens (tertiary/aromatic N) is 2. The van der Waals surface area contributed by atoms with Gasteiger partial charge < -0.3 is 20.1 Å². The maximum absolute atomic E-state index is 5.02. The van der Waals surface area contributed by atoms with Gasteiger partial charge >= 0.3 is 0 Å². The zero-order valence-electron chi connectivity index (χ0n) is 10.5. The standard InChI is InChI=1S/C12H22N4O/c1-11-9-12(15-17-11)10-14-5-8-16-6-2-3-13-4-7-16/h9,13-14H,2-8,10H2,1H3. The third-order valence-corrected chi connectivity index (χ3v) is 3.02. The van der Waals surface area contributed by atoms with Crippen molar-refractivity contribution in [1.82, 2.24) is 20.7 Å². The van der Waals surface area contributed by atoms with E-state index >= 15 is 0 Å². The monoisotopic (exact) mass is 238 g/mol. The second kappa shape index (κ2) is 6.74. The predicted molar refractivity (Wildman–Crippen MR) is 66.9 cm³/mol. The Bertz CT molecular complexity index is 318. The fraction of sp³-hybridized carbons (Fsp3) is 0.750. The van der Waals surface area contributed by atoms with Gasteiger partial charge in [0.1, 0.15) is 5.76 Å². The average Bonchev–Trinajstić information content (AvgIpc) is 2.59. The molecule has 0 aliphatic carbocycles. The van der Waals surface area contributed by atoms with Crippen molar-refractivity contribution in [2.24, 2.45) is 0 Å². The number of rotatable bonds is 5. The summed E-state index contributed by atoms with van der Waals surface area (Å²) in [6.07, 6.45) is 1.25. The zero-order valence-corrected chi connectivity index (χ0v) is 10.5. The van der Waals surface area contributed by atoms with E-state index in [0.29, 0.717) is 0 Å². The van der Waals surface area contributed by atoms with Gasteiger partial charge in [-0.25, -0.2) is 0 Å². The lowest BCUT2D eigenvalue weighted by Crippen LogP contribution is -2.34. The van der Waals surface area contributed by atoms with Gasteiger partial charge in [-0.15, -0.1) is 0 Å². The summed E-state index contributed by atoms with van der Waals surface area (Å²) >= 11 is 0. The number of nitrogens with one attached hydrogen (secondary N) is 2. The summed E-state index contributed by atoms with van der Waals surface area (Å²) in [5.74, 6) is 0.875. The van der Waals surface area contributed by atoms with Gasteiger partial charge in [0.05, 0.1) is 5.69 Å². The van der Waals surface area contributed by atoms with E-state index in [4.69, 9.17) is 4.52 Å². The van der Waals surface area contributed by atoms with Crippen LogP contribution in [0.4, 0.5) is 0 Å². The summed E-state index contributed by atoms with van der Waals surface area (Å²) in [5, 5.41) is 10.8. The molecule has 0 atom stereocenters. The Balaban J connectivity index is 1.59. The first-order valence-electron chi connectivity index (χ1n) is 6.40. The van der Waals surface area contributed by atoms with Crippen molar-refractivity contribution < 1.29 is 4.52 Å². The molecule has 1 aliphatic heterocycles. The Kier molecular flexibility index (Phi) is 4.97. The van der Waals surface area contributed by atoms with Gasteiger partial charge in [0, 0.05) is 38.8 Å². The lowest BCUT2D eigenvalue weighted by molar-refractivity contribution is 0.290. The fourth-order valence-electron chi connectivity index (χ4n) is 2.08. The first kappa shape index (κ1) is 12.5. The molecular weight excluding hydrogens is 216 g/mol. The number of hydrogen-bond donors (Lipinski definition) is 2. The van der Waals surface area contributed by atoms with Crippen molar-refractivity contribution in [3.8, 4) is 0 Å². The molecule has 0 saturated carbocycles. The summed E-state index contributed by atoms with van der Waals surface area (Å²) in [5.41, 5.74) is 0.986. The molecule has 2 rings (SSSR count). The van der Waals surface area contributed by atoms with Crippen LogP contribution in [0.15, 0.2) is 10.6 Å². The fourth-order valence-corrected chi connectivity index (χ4v) is 2.08. The number of aromatic nitrogens is 1. The van der Waals surface area contributed by atoms with Crippen LogP contribution in [0.1, 0.15) is 17.9 Å². The summed E-state index contributed by atoms with van der Waals surface area (Å²) in [7, 11) is 0. The quantitative estimate of drug-likeness (QED) is 0.726. The van der Waals surface area contributed by atoms with Crippen LogP contribution < -0.4 is 10.6 Å². The molecule has 17 heavy (non-hydrogen) atoms. The molecule has 1 aromatic heterocycles. The molecule has 1 saturated heterocycles. The highest BCUT2D eigenvalue weighted by molar-refractivity contribution is 5.02. The topological polar surface area (TPSA) is 53.3 Å². The molecule has 0 aromatic carbocycles. The van der Waals surface area contributed by atoms with Crippen LogP contribution in [0.2, 0.25) is 0 Å². The van der Waals surface area contributed by atoms with Crippen LogP contribution in [0, 0.1) is 6.92 Å². The highest BCUT2D eigenvalue weighted by Crippen LogP contribution is 2.00. The maximum Gasteiger partial charge on any atom is 0.133 e. The maximum atomic E-state index is 5.02. The van der Waals surface area contributed by atoms with Gasteiger partial charge in [-0.1, -0.05) is 5.16 Å². The number of aryl methyl sites for hydroxylation is 1. The van der Waals surface area contributed by atoms with E-state index in [9.17, 15) is 0 Å². The van der Waals surface area contributed by atoms with Crippen molar-refractivity contribution in [3.05, 3.63) is 17.5 Å². The van der Waals surface area contributed by atoms with Gasteiger partial charge in [-0.2, -0.15) is 0 Å². The third kappa shape index (κ3) is 4.46. The van der Waals surface area contributed by atoms with Gasteiger partial charge in [0.15, 0.2) is 0 Å². The second-order valence-electron chi connectivity index (χ2n) is 4.55. The van der Waals surface area contributed by atoms with Gasteiger partial charge in [-0.05, 0) is 26.4 Å². The van der Waals surface area contributed by atoms with Crippen molar-refractivity contribution in [2.45, 2.75) is 19.9 Å². The smallest absolute Gasteiger partial charge is 0.133 e. The first-order valence-corrected chi connectivity index (χ1v) is 6.40. The molecule has 0 unspecified atom stereocenters. The van der Waals surface area contributed by atoms with E-state index in [1.165, 1.54) is 13.0 Å². The minimum atomic E-state index is 0.795. The van der Waals surface area contributed by atoms with E-state index in [-0.39, 0.29) is 0 Å². The van der Waals surface area contributed by atoms with Gasteiger partial charge in [0.2, 0.25) is 0 Å². The van der Waals surface area contributed by atoms with Crippen molar-refractivity contribution in [2.75, 3.05) is 39.3 Å². The van der Waals surface area contributed by atoms with Crippen LogP contribution in [-0.4, -0.2) is 49.3 Å². The van der Waals surface area contributed by atoms with E-state index in [1.807, 2.05) is 13.0 Å². The Labute approximate surface area is 103 Å². The minimum absolute atomic E-state index is 0.795. The Hall–Kier alpha value is -0.910. The van der Waals surface area contributed by atoms with E-state index < -0.39 is 0 Å². The van der Waals surface area contributed by atoms with E-state index in [0.717, 1.165) is 50.7 Å². The molecule has 1 fully saturated rings. The Morgan fingerprint density at radius 3 is 3.24 bits per heavy atom. The molecule has 1 aromatic rings. The van der Waals surface area contributed by atoms with Crippen LogP contribution in [0.25, 0.3) is 0 Å². The molecule has 0 spiro atoms. The lowest BCUT2D eigenvalue weighted by Gasteiger charge is -2.19. The molecule has 1 aliphatic rings. The highest BCUT2D eigenvalue weighted by atomic mass is 16.5.